The fourth-order valence-corrected chi connectivity index (χ4v) is 1.91. The SMILES string of the molecule is CN(C)c1ncccc1C(=O)NCC(=O)Nc1ccccc1. The minimum atomic E-state index is -0.333. The molecule has 2 N–H and O–H groups in total. The zero-order valence-electron chi connectivity index (χ0n) is 12.5. The second-order valence-corrected chi connectivity index (χ2v) is 4.87. The van der Waals surface area contributed by atoms with Gasteiger partial charge in [0.05, 0.1) is 12.1 Å². The second kappa shape index (κ2) is 7.21. The fourth-order valence-electron chi connectivity index (χ4n) is 1.91. The van der Waals surface area contributed by atoms with Crippen molar-refractivity contribution in [3.8, 4) is 0 Å². The first-order valence-corrected chi connectivity index (χ1v) is 6.83. The molecule has 1 aromatic heterocycles. The Kier molecular flexibility index (Phi) is 5.08. The third-order valence-electron chi connectivity index (χ3n) is 2.92. The molecule has 114 valence electrons. The number of nitrogens with one attached hydrogen (secondary N) is 2. The van der Waals surface area contributed by atoms with Gasteiger partial charge in [-0.05, 0) is 24.3 Å². The molecule has 6 nitrogen and oxygen atoms in total. The summed E-state index contributed by atoms with van der Waals surface area (Å²) in [6, 6.07) is 12.4. The molecule has 2 amide bonds. The maximum absolute atomic E-state index is 12.2. The van der Waals surface area contributed by atoms with Crippen LogP contribution in [0.1, 0.15) is 10.4 Å². The lowest BCUT2D eigenvalue weighted by molar-refractivity contribution is -0.115. The Bertz CT molecular complexity index is 656. The molecule has 0 saturated carbocycles. The molecule has 0 bridgehead atoms. The standard InChI is InChI=1S/C16H18N4O2/c1-20(2)15-13(9-6-10-17-15)16(22)18-11-14(21)19-12-7-4-3-5-8-12/h3-10H,11H2,1-2H3,(H,18,22)(H,19,21). The summed E-state index contributed by atoms with van der Waals surface area (Å²) in [5.74, 6) is -0.0571. The molecule has 0 saturated heterocycles. The number of carbonyl (C=O) groups excluding carboxylic acids is 2. The average molecular weight is 298 g/mol. The third-order valence-corrected chi connectivity index (χ3v) is 2.92. The molecule has 22 heavy (non-hydrogen) atoms. The van der Waals surface area contributed by atoms with Crippen molar-refractivity contribution in [2.24, 2.45) is 0 Å². The summed E-state index contributed by atoms with van der Waals surface area (Å²) < 4.78 is 0. The summed E-state index contributed by atoms with van der Waals surface area (Å²) in [6.07, 6.45) is 1.62. The number of hydrogen-bond donors (Lipinski definition) is 2. The molecule has 0 aliphatic rings. The molecule has 0 atom stereocenters. The van der Waals surface area contributed by atoms with Gasteiger partial charge in [0.1, 0.15) is 5.82 Å². The second-order valence-electron chi connectivity index (χ2n) is 4.87. The Balaban J connectivity index is 1.94. The maximum atomic E-state index is 12.2. The van der Waals surface area contributed by atoms with Crippen LogP contribution >= 0.6 is 0 Å². The average Bonchev–Trinajstić information content (AvgIpc) is 2.53. The van der Waals surface area contributed by atoms with Gasteiger partial charge in [0.25, 0.3) is 5.91 Å². The molecule has 1 aromatic carbocycles. The van der Waals surface area contributed by atoms with E-state index in [4.69, 9.17) is 0 Å². The van der Waals surface area contributed by atoms with Gasteiger partial charge < -0.3 is 15.5 Å². The molecular formula is C16H18N4O2. The van der Waals surface area contributed by atoms with Gasteiger partial charge in [0, 0.05) is 26.0 Å². The van der Waals surface area contributed by atoms with E-state index >= 15 is 0 Å². The lowest BCUT2D eigenvalue weighted by Crippen LogP contribution is -2.33. The van der Waals surface area contributed by atoms with E-state index in [1.165, 1.54) is 0 Å². The van der Waals surface area contributed by atoms with E-state index in [9.17, 15) is 9.59 Å². The van der Waals surface area contributed by atoms with Crippen LogP contribution < -0.4 is 15.5 Å². The van der Waals surface area contributed by atoms with Gasteiger partial charge in [-0.1, -0.05) is 18.2 Å². The predicted molar refractivity (Wildman–Crippen MR) is 86.0 cm³/mol. The van der Waals surface area contributed by atoms with Crippen LogP contribution in [0.2, 0.25) is 0 Å². The van der Waals surface area contributed by atoms with Crippen molar-refractivity contribution in [3.63, 3.8) is 0 Å². The summed E-state index contributed by atoms with van der Waals surface area (Å²) >= 11 is 0. The number of pyridine rings is 1. The Morgan fingerprint density at radius 1 is 1.09 bits per heavy atom. The number of benzene rings is 1. The van der Waals surface area contributed by atoms with Crippen molar-refractivity contribution in [3.05, 3.63) is 54.2 Å². The van der Waals surface area contributed by atoms with E-state index in [-0.39, 0.29) is 18.4 Å². The number of amides is 2. The Morgan fingerprint density at radius 3 is 2.50 bits per heavy atom. The number of aromatic nitrogens is 1. The smallest absolute Gasteiger partial charge is 0.255 e. The highest BCUT2D eigenvalue weighted by Crippen LogP contribution is 2.13. The number of rotatable bonds is 5. The molecule has 2 aromatic rings. The quantitative estimate of drug-likeness (QED) is 0.877. The highest BCUT2D eigenvalue weighted by molar-refractivity contribution is 6.02. The topological polar surface area (TPSA) is 74.3 Å². The number of anilines is 2. The minimum Gasteiger partial charge on any atom is -0.362 e. The predicted octanol–water partition coefficient (Wildman–Crippen LogP) is 1.52. The molecule has 0 aliphatic heterocycles. The van der Waals surface area contributed by atoms with Crippen LogP contribution in [0.25, 0.3) is 0 Å². The Morgan fingerprint density at radius 2 is 1.82 bits per heavy atom. The Hall–Kier alpha value is -2.89. The molecule has 0 unspecified atom stereocenters. The van der Waals surface area contributed by atoms with Crippen LogP contribution in [0.5, 0.6) is 0 Å². The minimum absolute atomic E-state index is 0.102. The molecule has 6 heteroatoms. The van der Waals surface area contributed by atoms with Crippen LogP contribution in [0, 0.1) is 0 Å². The van der Waals surface area contributed by atoms with Gasteiger partial charge in [-0.2, -0.15) is 0 Å². The lowest BCUT2D eigenvalue weighted by atomic mass is 10.2. The Labute approximate surface area is 129 Å². The largest absolute Gasteiger partial charge is 0.362 e. The first-order valence-electron chi connectivity index (χ1n) is 6.83. The van der Waals surface area contributed by atoms with Crippen LogP contribution in [-0.4, -0.2) is 37.4 Å². The molecule has 0 fully saturated rings. The van der Waals surface area contributed by atoms with Gasteiger partial charge in [-0.15, -0.1) is 0 Å². The van der Waals surface area contributed by atoms with Gasteiger partial charge in [-0.25, -0.2) is 4.98 Å². The fraction of sp³-hybridized carbons (Fsp3) is 0.188. The number of nitrogens with zero attached hydrogens (tertiary/aromatic N) is 2. The van der Waals surface area contributed by atoms with E-state index in [1.54, 1.807) is 49.5 Å². The highest BCUT2D eigenvalue weighted by Gasteiger charge is 2.14. The first-order chi connectivity index (χ1) is 10.6. The monoisotopic (exact) mass is 298 g/mol. The summed E-state index contributed by atoms with van der Waals surface area (Å²) in [6.45, 7) is -0.102. The number of carbonyl (C=O) groups is 2. The summed E-state index contributed by atoms with van der Waals surface area (Å²) in [7, 11) is 3.61. The van der Waals surface area contributed by atoms with E-state index in [1.807, 2.05) is 18.2 Å². The van der Waals surface area contributed by atoms with E-state index in [0.717, 1.165) is 0 Å². The van der Waals surface area contributed by atoms with E-state index in [0.29, 0.717) is 17.1 Å². The molecule has 2 rings (SSSR count). The maximum Gasteiger partial charge on any atom is 0.255 e. The number of para-hydroxylation sites is 1. The van der Waals surface area contributed by atoms with Crippen LogP contribution in [0.3, 0.4) is 0 Å². The van der Waals surface area contributed by atoms with Crippen molar-refractivity contribution in [1.82, 2.24) is 10.3 Å². The third kappa shape index (κ3) is 4.05. The van der Waals surface area contributed by atoms with Crippen molar-refractivity contribution >= 4 is 23.3 Å². The first kappa shape index (κ1) is 15.5. The van der Waals surface area contributed by atoms with Crippen LogP contribution in [0.4, 0.5) is 11.5 Å². The lowest BCUT2D eigenvalue weighted by Gasteiger charge is -2.15. The van der Waals surface area contributed by atoms with E-state index < -0.39 is 0 Å². The zero-order chi connectivity index (χ0) is 15.9. The van der Waals surface area contributed by atoms with Gasteiger partial charge in [-0.3, -0.25) is 9.59 Å². The number of hydrogen-bond acceptors (Lipinski definition) is 4. The zero-order valence-corrected chi connectivity index (χ0v) is 12.5. The molecule has 0 spiro atoms. The van der Waals surface area contributed by atoms with Gasteiger partial charge in [0.15, 0.2) is 0 Å². The molecule has 1 heterocycles. The van der Waals surface area contributed by atoms with Crippen molar-refractivity contribution in [1.29, 1.82) is 0 Å². The van der Waals surface area contributed by atoms with Crippen molar-refractivity contribution in [2.45, 2.75) is 0 Å². The summed E-state index contributed by atoms with van der Waals surface area (Å²) in [5.41, 5.74) is 1.12. The van der Waals surface area contributed by atoms with Crippen molar-refractivity contribution < 1.29 is 9.59 Å². The highest BCUT2D eigenvalue weighted by atomic mass is 16.2. The molecule has 0 radical (unpaired) electrons. The van der Waals surface area contributed by atoms with Gasteiger partial charge in [0.2, 0.25) is 5.91 Å². The molecular weight excluding hydrogens is 280 g/mol. The van der Waals surface area contributed by atoms with Crippen LogP contribution in [-0.2, 0) is 4.79 Å². The normalized spacial score (nSPS) is 9.91. The molecule has 0 aliphatic carbocycles. The summed E-state index contributed by atoms with van der Waals surface area (Å²) in [4.78, 5) is 29.9. The van der Waals surface area contributed by atoms with Gasteiger partial charge >= 0.3 is 0 Å². The van der Waals surface area contributed by atoms with Crippen LogP contribution in [0.15, 0.2) is 48.7 Å². The van der Waals surface area contributed by atoms with Crippen molar-refractivity contribution in [2.75, 3.05) is 30.9 Å². The van der Waals surface area contributed by atoms with E-state index in [2.05, 4.69) is 15.6 Å². The summed E-state index contributed by atoms with van der Waals surface area (Å²) in [5, 5.41) is 5.30.